The normalized spacial score (nSPS) is 11.1. The minimum atomic E-state index is -0.121. The van der Waals surface area contributed by atoms with Crippen molar-refractivity contribution < 1.29 is 14.2 Å². The van der Waals surface area contributed by atoms with Crippen LogP contribution >= 0.6 is 0 Å². The van der Waals surface area contributed by atoms with E-state index in [1.165, 1.54) is 0 Å². The fraction of sp³-hybridized carbons (Fsp3) is 0.154. The summed E-state index contributed by atoms with van der Waals surface area (Å²) in [7, 11) is 4.71. The molecule has 1 aromatic heterocycles. The summed E-state index contributed by atoms with van der Waals surface area (Å²) in [4.78, 5) is 18.1. The Morgan fingerprint density at radius 3 is 2.12 bits per heavy atom. The van der Waals surface area contributed by atoms with Crippen LogP contribution in [0.2, 0.25) is 0 Å². The molecule has 0 fully saturated rings. The Hall–Kier alpha value is -4.06. The van der Waals surface area contributed by atoms with E-state index in [-0.39, 0.29) is 5.56 Å². The van der Waals surface area contributed by atoms with Gasteiger partial charge in [-0.05, 0) is 55.0 Å². The summed E-state index contributed by atoms with van der Waals surface area (Å²) in [6.07, 6.45) is 3.68. The molecule has 0 atom stereocenters. The molecule has 0 saturated heterocycles. The average molecular weight is 428 g/mol. The number of ether oxygens (including phenoxy) is 3. The molecule has 0 bridgehead atoms. The molecule has 0 saturated carbocycles. The van der Waals surface area contributed by atoms with Gasteiger partial charge < -0.3 is 14.2 Å². The minimum absolute atomic E-state index is 0.121. The fourth-order valence-corrected chi connectivity index (χ4v) is 3.57. The highest BCUT2D eigenvalue weighted by molar-refractivity contribution is 5.80. The van der Waals surface area contributed by atoms with E-state index in [1.54, 1.807) is 32.0 Å². The number of hydrogen-bond donors (Lipinski definition) is 0. The number of hydrogen-bond acceptors (Lipinski definition) is 5. The van der Waals surface area contributed by atoms with Gasteiger partial charge in [0.2, 0.25) is 5.75 Å². The first-order chi connectivity index (χ1) is 15.5. The van der Waals surface area contributed by atoms with E-state index in [0.717, 1.165) is 16.8 Å². The highest BCUT2D eigenvalue weighted by Crippen LogP contribution is 2.38. The maximum Gasteiger partial charge on any atom is 0.266 e. The maximum absolute atomic E-state index is 13.4. The van der Waals surface area contributed by atoms with E-state index in [1.807, 2.05) is 73.7 Å². The molecule has 0 radical (unpaired) electrons. The molecule has 0 spiro atoms. The molecular weight excluding hydrogens is 404 g/mol. The van der Waals surface area contributed by atoms with Crippen molar-refractivity contribution in [3.05, 3.63) is 88.0 Å². The van der Waals surface area contributed by atoms with Crippen molar-refractivity contribution in [3.63, 3.8) is 0 Å². The van der Waals surface area contributed by atoms with Gasteiger partial charge in [0, 0.05) is 0 Å². The predicted octanol–water partition coefficient (Wildman–Crippen LogP) is 4.89. The van der Waals surface area contributed by atoms with Crippen LogP contribution in [0.3, 0.4) is 0 Å². The summed E-state index contributed by atoms with van der Waals surface area (Å²) in [6.45, 7) is 2.01. The van der Waals surface area contributed by atoms with Gasteiger partial charge in [0.05, 0.1) is 37.9 Å². The van der Waals surface area contributed by atoms with Crippen molar-refractivity contribution in [2.45, 2.75) is 6.92 Å². The Morgan fingerprint density at radius 1 is 0.844 bits per heavy atom. The topological polar surface area (TPSA) is 62.6 Å². The molecule has 0 aliphatic heterocycles. The first-order valence-electron chi connectivity index (χ1n) is 10.1. The van der Waals surface area contributed by atoms with Crippen molar-refractivity contribution in [3.8, 4) is 22.9 Å². The molecule has 0 aliphatic rings. The molecular formula is C26H24N2O4. The van der Waals surface area contributed by atoms with Gasteiger partial charge in [-0.2, -0.15) is 0 Å². The number of aromatic nitrogens is 2. The molecule has 0 unspecified atom stereocenters. The minimum Gasteiger partial charge on any atom is -0.493 e. The number of fused-ring (bicyclic) bond motifs is 1. The Balaban J connectivity index is 1.89. The highest BCUT2D eigenvalue weighted by Gasteiger charge is 2.13. The fourth-order valence-electron chi connectivity index (χ4n) is 3.57. The van der Waals surface area contributed by atoms with Crippen LogP contribution in [0, 0.1) is 6.92 Å². The van der Waals surface area contributed by atoms with E-state index >= 15 is 0 Å². The molecule has 4 rings (SSSR count). The van der Waals surface area contributed by atoms with Gasteiger partial charge in [-0.3, -0.25) is 9.36 Å². The van der Waals surface area contributed by atoms with Crippen molar-refractivity contribution in [2.24, 2.45) is 0 Å². The lowest BCUT2D eigenvalue weighted by molar-refractivity contribution is 0.324. The van der Waals surface area contributed by atoms with Crippen LogP contribution in [0.15, 0.2) is 65.5 Å². The number of rotatable bonds is 6. The highest BCUT2D eigenvalue weighted by atomic mass is 16.5. The van der Waals surface area contributed by atoms with E-state index in [9.17, 15) is 4.79 Å². The number of nitrogens with zero attached hydrogens (tertiary/aromatic N) is 2. The second kappa shape index (κ2) is 8.98. The third-order valence-corrected chi connectivity index (χ3v) is 5.21. The van der Waals surface area contributed by atoms with Gasteiger partial charge >= 0.3 is 0 Å². The Bertz CT molecular complexity index is 1330. The second-order valence-electron chi connectivity index (χ2n) is 7.26. The lowest BCUT2D eigenvalue weighted by atomic mass is 10.1. The summed E-state index contributed by atoms with van der Waals surface area (Å²) in [6, 6.07) is 18.8. The Morgan fingerprint density at radius 2 is 1.50 bits per heavy atom. The molecule has 1 heterocycles. The lowest BCUT2D eigenvalue weighted by Crippen LogP contribution is -2.22. The van der Waals surface area contributed by atoms with E-state index in [4.69, 9.17) is 19.2 Å². The van der Waals surface area contributed by atoms with Crippen LogP contribution in [0.25, 0.3) is 28.7 Å². The third kappa shape index (κ3) is 3.95. The largest absolute Gasteiger partial charge is 0.493 e. The van der Waals surface area contributed by atoms with Crippen molar-refractivity contribution in [1.82, 2.24) is 9.55 Å². The summed E-state index contributed by atoms with van der Waals surface area (Å²) in [5.41, 5.74) is 3.21. The number of methoxy groups -OCH3 is 3. The summed E-state index contributed by atoms with van der Waals surface area (Å²) >= 11 is 0. The summed E-state index contributed by atoms with van der Waals surface area (Å²) in [5, 5.41) is 0.568. The maximum atomic E-state index is 13.4. The molecule has 4 aromatic rings. The van der Waals surface area contributed by atoms with Crippen LogP contribution in [-0.4, -0.2) is 30.9 Å². The molecule has 0 amide bonds. The van der Waals surface area contributed by atoms with Crippen LogP contribution in [0.1, 0.15) is 17.0 Å². The van der Waals surface area contributed by atoms with E-state index in [0.29, 0.717) is 34.0 Å². The Kier molecular flexibility index (Phi) is 5.94. The number of para-hydroxylation sites is 1. The van der Waals surface area contributed by atoms with Gasteiger partial charge in [-0.1, -0.05) is 35.9 Å². The summed E-state index contributed by atoms with van der Waals surface area (Å²) < 4.78 is 17.9. The van der Waals surface area contributed by atoms with E-state index in [2.05, 4.69) is 0 Å². The molecule has 6 heteroatoms. The SMILES string of the molecule is COc1cc(/C=C/c2nc3ccccc3c(=O)n2-c2ccc(C)cc2)cc(OC)c1OC. The first kappa shape index (κ1) is 21.2. The first-order valence-corrected chi connectivity index (χ1v) is 10.1. The average Bonchev–Trinajstić information content (AvgIpc) is 2.82. The molecule has 6 nitrogen and oxygen atoms in total. The molecule has 32 heavy (non-hydrogen) atoms. The Labute approximate surface area is 186 Å². The monoisotopic (exact) mass is 428 g/mol. The molecule has 162 valence electrons. The van der Waals surface area contributed by atoms with E-state index < -0.39 is 0 Å². The smallest absolute Gasteiger partial charge is 0.266 e. The van der Waals surface area contributed by atoms with Gasteiger partial charge in [0.1, 0.15) is 5.82 Å². The zero-order chi connectivity index (χ0) is 22.7. The van der Waals surface area contributed by atoms with Crippen LogP contribution in [0.4, 0.5) is 0 Å². The predicted molar refractivity (Wildman–Crippen MR) is 127 cm³/mol. The summed E-state index contributed by atoms with van der Waals surface area (Å²) in [5.74, 6) is 2.14. The number of benzene rings is 3. The zero-order valence-electron chi connectivity index (χ0n) is 18.5. The van der Waals surface area contributed by atoms with Crippen LogP contribution in [-0.2, 0) is 0 Å². The zero-order valence-corrected chi connectivity index (χ0v) is 18.5. The van der Waals surface area contributed by atoms with Crippen molar-refractivity contribution >= 4 is 23.1 Å². The van der Waals surface area contributed by atoms with Crippen LogP contribution in [0.5, 0.6) is 17.2 Å². The molecule has 3 aromatic carbocycles. The molecule has 0 aliphatic carbocycles. The molecule has 0 N–H and O–H groups in total. The number of aryl methyl sites for hydroxylation is 1. The third-order valence-electron chi connectivity index (χ3n) is 5.21. The van der Waals surface area contributed by atoms with Crippen molar-refractivity contribution in [1.29, 1.82) is 0 Å². The van der Waals surface area contributed by atoms with Crippen LogP contribution < -0.4 is 19.8 Å². The van der Waals surface area contributed by atoms with Gasteiger partial charge in [-0.25, -0.2) is 4.98 Å². The van der Waals surface area contributed by atoms with Crippen molar-refractivity contribution in [2.75, 3.05) is 21.3 Å². The van der Waals surface area contributed by atoms with Gasteiger partial charge in [0.25, 0.3) is 5.56 Å². The van der Waals surface area contributed by atoms with Gasteiger partial charge in [-0.15, -0.1) is 0 Å². The lowest BCUT2D eigenvalue weighted by Gasteiger charge is -2.13. The standard InChI is InChI=1S/C26H24N2O4/c1-17-9-12-19(13-10-17)28-24(27-21-8-6-5-7-20(21)26(28)29)14-11-18-15-22(30-2)25(32-4)23(16-18)31-3/h5-16H,1-4H3/b14-11+. The quantitative estimate of drug-likeness (QED) is 0.438. The second-order valence-corrected chi connectivity index (χ2v) is 7.26. The van der Waals surface area contributed by atoms with Gasteiger partial charge in [0.15, 0.2) is 11.5 Å².